The van der Waals surface area contributed by atoms with Crippen molar-refractivity contribution in [1.29, 1.82) is 0 Å². The Hall–Kier alpha value is -4.17. The van der Waals surface area contributed by atoms with Crippen LogP contribution in [0.15, 0.2) is 66.2 Å². The van der Waals surface area contributed by atoms with Crippen molar-refractivity contribution in [3.05, 3.63) is 87.9 Å². The molecule has 2 aliphatic heterocycles. The van der Waals surface area contributed by atoms with E-state index >= 15 is 0 Å². The number of benzene rings is 3. The van der Waals surface area contributed by atoms with E-state index < -0.39 is 17.7 Å². The molecule has 1 fully saturated rings. The van der Waals surface area contributed by atoms with Gasteiger partial charge in [-0.05, 0) is 53.6 Å². The first-order valence-electron chi connectivity index (χ1n) is 11.1. The molecule has 0 bridgehead atoms. The smallest absolute Gasteiger partial charge is 0.295 e. The molecule has 0 aromatic heterocycles. The van der Waals surface area contributed by atoms with Gasteiger partial charge in [-0.3, -0.25) is 9.59 Å². The van der Waals surface area contributed by atoms with E-state index in [2.05, 4.69) is 0 Å². The topological polar surface area (TPSA) is 94.5 Å². The zero-order chi connectivity index (χ0) is 25.4. The van der Waals surface area contributed by atoms with Gasteiger partial charge < -0.3 is 29.0 Å². The quantitative estimate of drug-likeness (QED) is 0.293. The third-order valence-electron chi connectivity index (χ3n) is 6.19. The van der Waals surface area contributed by atoms with Gasteiger partial charge in [-0.15, -0.1) is 0 Å². The molecule has 0 spiro atoms. The van der Waals surface area contributed by atoms with Crippen molar-refractivity contribution in [2.45, 2.75) is 12.6 Å². The molecule has 9 heteroatoms. The highest BCUT2D eigenvalue weighted by Gasteiger charge is 2.46. The molecule has 1 N–H and O–H groups in total. The molecule has 3 aromatic carbocycles. The summed E-state index contributed by atoms with van der Waals surface area (Å²) in [5, 5.41) is 11.5. The van der Waals surface area contributed by atoms with Crippen LogP contribution in [0.3, 0.4) is 0 Å². The van der Waals surface area contributed by atoms with E-state index in [-0.39, 0.29) is 35.3 Å². The maximum atomic E-state index is 13.3. The van der Waals surface area contributed by atoms with Gasteiger partial charge in [0.05, 0.1) is 30.9 Å². The molecule has 0 radical (unpaired) electrons. The Morgan fingerprint density at radius 1 is 0.972 bits per heavy atom. The molecule has 2 heterocycles. The number of carbonyl (C=O) groups excluding carboxylic acids is 2. The molecule has 1 amide bonds. The lowest BCUT2D eigenvalue weighted by molar-refractivity contribution is -0.140. The fourth-order valence-corrected chi connectivity index (χ4v) is 4.58. The van der Waals surface area contributed by atoms with E-state index in [0.29, 0.717) is 28.6 Å². The van der Waals surface area contributed by atoms with Gasteiger partial charge in [0.2, 0.25) is 6.79 Å². The summed E-state index contributed by atoms with van der Waals surface area (Å²) in [5.74, 6) is 0.292. The van der Waals surface area contributed by atoms with Crippen LogP contribution >= 0.6 is 11.6 Å². The molecule has 184 valence electrons. The summed E-state index contributed by atoms with van der Waals surface area (Å²) < 4.78 is 21.3. The number of halogens is 1. The number of aliphatic hydroxyl groups is 1. The minimum atomic E-state index is -0.872. The molecular formula is C27H22ClNO7. The fraction of sp³-hybridized carbons (Fsp3) is 0.185. The Labute approximate surface area is 212 Å². The van der Waals surface area contributed by atoms with Gasteiger partial charge in [-0.2, -0.15) is 0 Å². The molecule has 1 atom stereocenters. The van der Waals surface area contributed by atoms with Gasteiger partial charge in [0.25, 0.3) is 11.7 Å². The summed E-state index contributed by atoms with van der Waals surface area (Å²) in [6.45, 7) is 0.219. The van der Waals surface area contributed by atoms with Gasteiger partial charge in [-0.25, -0.2) is 0 Å². The number of likely N-dealkylation sites (tertiary alicyclic amines) is 1. The standard InChI is InChI=1S/C27H22ClNO7/c1-33-17-6-4-16(5-7-17)24-23(25(30)19-12-18(34-2)8-9-20(19)28)26(31)27(32)29(24)13-15-3-10-21-22(11-15)36-14-35-21/h3-12,24,30H,13-14H2,1-2H3/b25-23+. The van der Waals surface area contributed by atoms with E-state index in [4.69, 9.17) is 30.5 Å². The van der Waals surface area contributed by atoms with Gasteiger partial charge >= 0.3 is 0 Å². The van der Waals surface area contributed by atoms with E-state index in [1.165, 1.54) is 18.1 Å². The van der Waals surface area contributed by atoms with Crippen LogP contribution in [-0.4, -0.2) is 42.7 Å². The summed E-state index contributed by atoms with van der Waals surface area (Å²) in [6, 6.07) is 16.1. The molecule has 3 aromatic rings. The van der Waals surface area contributed by atoms with Gasteiger partial charge in [0.15, 0.2) is 11.5 Å². The van der Waals surface area contributed by atoms with Crippen molar-refractivity contribution in [2.24, 2.45) is 0 Å². The van der Waals surface area contributed by atoms with Crippen LogP contribution < -0.4 is 18.9 Å². The van der Waals surface area contributed by atoms with Crippen molar-refractivity contribution >= 4 is 29.1 Å². The van der Waals surface area contributed by atoms with Crippen molar-refractivity contribution in [3.63, 3.8) is 0 Å². The molecule has 2 aliphatic rings. The largest absolute Gasteiger partial charge is 0.507 e. The number of hydrogen-bond acceptors (Lipinski definition) is 7. The van der Waals surface area contributed by atoms with Crippen LogP contribution in [0.2, 0.25) is 5.02 Å². The number of Topliss-reactive ketones (excluding diaryl/α,β-unsaturated/α-hetero) is 1. The monoisotopic (exact) mass is 507 g/mol. The average molecular weight is 508 g/mol. The van der Waals surface area contributed by atoms with E-state index in [9.17, 15) is 14.7 Å². The second kappa shape index (κ2) is 9.47. The molecule has 8 nitrogen and oxygen atoms in total. The summed E-state index contributed by atoms with van der Waals surface area (Å²) >= 11 is 6.36. The lowest BCUT2D eigenvalue weighted by Crippen LogP contribution is -2.29. The number of carbonyl (C=O) groups is 2. The number of rotatable bonds is 6. The number of nitrogens with zero attached hydrogens (tertiary/aromatic N) is 1. The Balaban J connectivity index is 1.63. The fourth-order valence-electron chi connectivity index (χ4n) is 4.37. The van der Waals surface area contributed by atoms with Crippen molar-refractivity contribution in [1.82, 2.24) is 4.90 Å². The number of ether oxygens (including phenoxy) is 4. The normalized spacial score (nSPS) is 18.0. The Morgan fingerprint density at radius 2 is 1.67 bits per heavy atom. The van der Waals surface area contributed by atoms with Crippen LogP contribution in [0.25, 0.3) is 5.76 Å². The number of methoxy groups -OCH3 is 2. The second-order valence-corrected chi connectivity index (χ2v) is 8.64. The highest BCUT2D eigenvalue weighted by molar-refractivity contribution is 6.47. The predicted molar refractivity (Wildman–Crippen MR) is 131 cm³/mol. The lowest BCUT2D eigenvalue weighted by atomic mass is 9.95. The number of aliphatic hydroxyl groups excluding tert-OH is 1. The molecule has 1 saturated heterocycles. The average Bonchev–Trinajstić information content (AvgIpc) is 3.46. The zero-order valence-corrected chi connectivity index (χ0v) is 20.2. The van der Waals surface area contributed by atoms with Crippen LogP contribution in [0, 0.1) is 0 Å². The third-order valence-corrected chi connectivity index (χ3v) is 6.52. The lowest BCUT2D eigenvalue weighted by Gasteiger charge is -2.26. The third kappa shape index (κ3) is 4.09. The summed E-state index contributed by atoms with van der Waals surface area (Å²) in [6.07, 6.45) is 0. The number of hydrogen-bond donors (Lipinski definition) is 1. The summed E-state index contributed by atoms with van der Waals surface area (Å²) in [4.78, 5) is 28.0. The minimum Gasteiger partial charge on any atom is -0.507 e. The van der Waals surface area contributed by atoms with E-state index in [1.807, 2.05) is 0 Å². The first kappa shape index (κ1) is 23.6. The van der Waals surface area contributed by atoms with Gasteiger partial charge in [0, 0.05) is 12.1 Å². The molecular weight excluding hydrogens is 486 g/mol. The predicted octanol–water partition coefficient (Wildman–Crippen LogP) is 4.71. The van der Waals surface area contributed by atoms with Crippen LogP contribution in [0.4, 0.5) is 0 Å². The molecule has 1 unspecified atom stereocenters. The van der Waals surface area contributed by atoms with Crippen LogP contribution in [0.5, 0.6) is 23.0 Å². The second-order valence-electron chi connectivity index (χ2n) is 8.23. The highest BCUT2D eigenvalue weighted by Crippen LogP contribution is 2.43. The molecule has 5 rings (SSSR count). The van der Waals surface area contributed by atoms with Crippen molar-refractivity contribution in [3.8, 4) is 23.0 Å². The van der Waals surface area contributed by atoms with E-state index in [1.54, 1.807) is 61.7 Å². The number of ketones is 1. The molecule has 0 saturated carbocycles. The van der Waals surface area contributed by atoms with Gasteiger partial charge in [0.1, 0.15) is 17.3 Å². The maximum Gasteiger partial charge on any atom is 0.295 e. The highest BCUT2D eigenvalue weighted by atomic mass is 35.5. The Kier molecular flexibility index (Phi) is 6.20. The Morgan fingerprint density at radius 3 is 2.39 bits per heavy atom. The minimum absolute atomic E-state index is 0.0685. The summed E-state index contributed by atoms with van der Waals surface area (Å²) in [5.41, 5.74) is 1.48. The Bertz CT molecular complexity index is 1380. The first-order chi connectivity index (χ1) is 17.4. The number of fused-ring (bicyclic) bond motifs is 1. The molecule has 0 aliphatic carbocycles. The zero-order valence-electron chi connectivity index (χ0n) is 19.5. The number of amides is 1. The van der Waals surface area contributed by atoms with Crippen LogP contribution in [-0.2, 0) is 16.1 Å². The van der Waals surface area contributed by atoms with Crippen LogP contribution in [0.1, 0.15) is 22.7 Å². The maximum absolute atomic E-state index is 13.3. The SMILES string of the molecule is COc1ccc(C2/C(=C(\O)c3cc(OC)ccc3Cl)C(=O)C(=O)N2Cc2ccc3c(c2)OCO3)cc1. The van der Waals surface area contributed by atoms with Crippen molar-refractivity contribution in [2.75, 3.05) is 21.0 Å². The van der Waals surface area contributed by atoms with Gasteiger partial charge in [-0.1, -0.05) is 29.8 Å². The molecule has 36 heavy (non-hydrogen) atoms. The first-order valence-corrected chi connectivity index (χ1v) is 11.4. The van der Waals surface area contributed by atoms with E-state index in [0.717, 1.165) is 5.56 Å². The van der Waals surface area contributed by atoms with Crippen molar-refractivity contribution < 1.29 is 33.6 Å². The summed E-state index contributed by atoms with van der Waals surface area (Å²) in [7, 11) is 3.03.